The number of ether oxygens (including phenoxy) is 5. The molecule has 2 aliphatic heterocycles. The Morgan fingerprint density at radius 3 is 2.11 bits per heavy atom. The molecule has 2 saturated heterocycles. The van der Waals surface area contributed by atoms with Crippen LogP contribution < -0.4 is 19.6 Å². The van der Waals surface area contributed by atoms with Crippen molar-refractivity contribution in [1.29, 1.82) is 0 Å². The molecule has 3 aromatic rings. The van der Waals surface area contributed by atoms with Gasteiger partial charge in [0.2, 0.25) is 23.8 Å². The molecule has 5 rings (SSSR count). The summed E-state index contributed by atoms with van der Waals surface area (Å²) in [6, 6.07) is 5.99. The lowest BCUT2D eigenvalue weighted by molar-refractivity contribution is -0.277. The van der Waals surface area contributed by atoms with Crippen molar-refractivity contribution in [3.63, 3.8) is 0 Å². The van der Waals surface area contributed by atoms with Crippen LogP contribution in [-0.2, 0) is 9.47 Å². The molecule has 44 heavy (non-hydrogen) atoms. The first kappa shape index (κ1) is 31.7. The van der Waals surface area contributed by atoms with Crippen molar-refractivity contribution in [1.82, 2.24) is 0 Å². The zero-order valence-electron chi connectivity index (χ0n) is 23.3. The Bertz CT molecular complexity index is 1550. The van der Waals surface area contributed by atoms with Crippen LogP contribution in [-0.4, -0.2) is 121 Å². The Labute approximate surface area is 248 Å². The monoisotopic (exact) mass is 624 g/mol. The van der Waals surface area contributed by atoms with E-state index >= 15 is 0 Å². The molecule has 16 nitrogen and oxygen atoms in total. The average Bonchev–Trinajstić information content (AvgIpc) is 2.99. The Kier molecular flexibility index (Phi) is 8.90. The van der Waals surface area contributed by atoms with Gasteiger partial charge < -0.3 is 74.1 Å². The summed E-state index contributed by atoms with van der Waals surface area (Å²) in [6.45, 7) is 0.710. The molecule has 9 N–H and O–H groups in total. The lowest BCUT2D eigenvalue weighted by Gasteiger charge is -2.39. The van der Waals surface area contributed by atoms with Gasteiger partial charge in [-0.1, -0.05) is 0 Å². The normalized spacial score (nSPS) is 32.4. The van der Waals surface area contributed by atoms with Crippen molar-refractivity contribution in [2.24, 2.45) is 0 Å². The predicted molar refractivity (Wildman–Crippen MR) is 145 cm³/mol. The molecule has 0 spiro atoms. The van der Waals surface area contributed by atoms with Crippen molar-refractivity contribution >= 4 is 11.0 Å². The number of rotatable bonds is 7. The van der Waals surface area contributed by atoms with E-state index in [0.29, 0.717) is 0 Å². The molecule has 16 heteroatoms. The van der Waals surface area contributed by atoms with Crippen LogP contribution in [0.1, 0.15) is 6.92 Å². The summed E-state index contributed by atoms with van der Waals surface area (Å²) in [5, 5.41) is 90.9. The van der Waals surface area contributed by atoms with Gasteiger partial charge in [0.25, 0.3) is 0 Å². The molecular formula is C28H32O16. The van der Waals surface area contributed by atoms with E-state index in [-0.39, 0.29) is 28.4 Å². The van der Waals surface area contributed by atoms with E-state index in [1.807, 2.05) is 0 Å². The lowest BCUT2D eigenvalue weighted by atomic mass is 9.99. The smallest absolute Gasteiger partial charge is 0.239 e. The van der Waals surface area contributed by atoms with Gasteiger partial charge in [0, 0.05) is 17.7 Å². The van der Waals surface area contributed by atoms with E-state index in [4.69, 9.17) is 28.1 Å². The number of phenolic OH excluding ortho intramolecular Hbond substituents is 2. The van der Waals surface area contributed by atoms with E-state index in [9.17, 15) is 50.8 Å². The molecule has 0 bridgehead atoms. The quantitative estimate of drug-likeness (QED) is 0.141. The number of aromatic hydroxyl groups is 2. The summed E-state index contributed by atoms with van der Waals surface area (Å²) < 4.78 is 33.6. The third kappa shape index (κ3) is 5.63. The molecule has 2 aromatic carbocycles. The van der Waals surface area contributed by atoms with E-state index in [0.717, 1.165) is 12.1 Å². The number of phenols is 2. The maximum Gasteiger partial charge on any atom is 0.239 e. The summed E-state index contributed by atoms with van der Waals surface area (Å²) in [4.78, 5) is 13.7. The number of methoxy groups -OCH3 is 1. The summed E-state index contributed by atoms with van der Waals surface area (Å²) in [5.41, 5.74) is -1.15. The van der Waals surface area contributed by atoms with E-state index < -0.39 is 96.1 Å². The van der Waals surface area contributed by atoms with Crippen molar-refractivity contribution in [2.45, 2.75) is 68.3 Å². The molecule has 0 unspecified atom stereocenters. The Hall–Kier alpha value is -3.71. The first-order chi connectivity index (χ1) is 20.9. The second-order valence-corrected chi connectivity index (χ2v) is 10.4. The minimum atomic E-state index is -1.90. The first-order valence-electron chi connectivity index (χ1n) is 13.4. The molecule has 2 fully saturated rings. The zero-order valence-corrected chi connectivity index (χ0v) is 23.3. The molecule has 3 heterocycles. The zero-order chi connectivity index (χ0) is 32.0. The second kappa shape index (κ2) is 12.4. The number of aliphatic hydroxyl groups excluding tert-OH is 7. The van der Waals surface area contributed by atoms with Gasteiger partial charge in [-0.25, -0.2) is 0 Å². The molecular weight excluding hydrogens is 592 g/mol. The SMILES string of the molecule is COc1cc(-c2oc3cc(O)cc(O)c3c(=O)c2O[C@@H]2O[C@H](CO)[C@@H](O)[C@H](O)[C@H]2O)ccc1O[C@@H]1O[C@@H](C)[C@H](O)[C@@H](O)[C@H]1O. The van der Waals surface area contributed by atoms with Crippen LogP contribution in [0.15, 0.2) is 39.5 Å². The third-order valence-corrected chi connectivity index (χ3v) is 7.48. The van der Waals surface area contributed by atoms with Gasteiger partial charge >= 0.3 is 0 Å². The van der Waals surface area contributed by atoms with Crippen molar-refractivity contribution in [2.75, 3.05) is 13.7 Å². The number of fused-ring (bicyclic) bond motifs is 1. The van der Waals surface area contributed by atoms with Crippen LogP contribution in [0.2, 0.25) is 0 Å². The summed E-state index contributed by atoms with van der Waals surface area (Å²) in [5.74, 6) is -2.03. The third-order valence-electron chi connectivity index (χ3n) is 7.48. The average molecular weight is 625 g/mol. The fraction of sp³-hybridized carbons (Fsp3) is 0.464. The van der Waals surface area contributed by atoms with E-state index in [1.165, 1.54) is 32.2 Å². The Morgan fingerprint density at radius 1 is 0.795 bits per heavy atom. The van der Waals surface area contributed by atoms with Gasteiger partial charge in [0.05, 0.1) is 19.8 Å². The molecule has 10 atom stereocenters. The number of aliphatic hydroxyl groups is 7. The van der Waals surface area contributed by atoms with E-state index in [2.05, 4.69) is 0 Å². The van der Waals surface area contributed by atoms with Crippen molar-refractivity contribution in [3.8, 4) is 40.1 Å². The maximum atomic E-state index is 13.7. The summed E-state index contributed by atoms with van der Waals surface area (Å²) in [7, 11) is 1.28. The van der Waals surface area contributed by atoms with Crippen molar-refractivity contribution in [3.05, 3.63) is 40.6 Å². The second-order valence-electron chi connectivity index (χ2n) is 10.4. The highest BCUT2D eigenvalue weighted by Crippen LogP contribution is 2.40. The fourth-order valence-corrected chi connectivity index (χ4v) is 4.99. The highest BCUT2D eigenvalue weighted by molar-refractivity contribution is 5.88. The van der Waals surface area contributed by atoms with Crippen LogP contribution in [0.3, 0.4) is 0 Å². The van der Waals surface area contributed by atoms with Gasteiger partial charge in [0.1, 0.15) is 65.2 Å². The van der Waals surface area contributed by atoms with Gasteiger partial charge in [-0.15, -0.1) is 0 Å². The molecule has 0 saturated carbocycles. The van der Waals surface area contributed by atoms with Crippen LogP contribution in [0, 0.1) is 0 Å². The van der Waals surface area contributed by atoms with Gasteiger partial charge in [0.15, 0.2) is 17.3 Å². The number of hydrogen-bond acceptors (Lipinski definition) is 16. The fourth-order valence-electron chi connectivity index (χ4n) is 4.99. The van der Waals surface area contributed by atoms with Gasteiger partial charge in [-0.2, -0.15) is 0 Å². The minimum absolute atomic E-state index is 0.00548. The molecule has 240 valence electrons. The standard InChI is InChI=1S/C28H32O16/c1-9-18(32)21(35)23(37)27(40-9)42-13-4-3-10(5-14(13)39-2)25-26(20(34)17-12(31)6-11(30)7-15(17)41-25)44-28-24(38)22(36)19(33)16(8-29)43-28/h3-7,9,16,18-19,21-24,27-33,35-38H,8H2,1-2H3/t9-,16+,18-,19+,21+,22-,23+,24+,27-,28-/m0/s1. The van der Waals surface area contributed by atoms with E-state index in [1.54, 1.807) is 0 Å². The molecule has 0 radical (unpaired) electrons. The molecule has 2 aliphatic rings. The summed E-state index contributed by atoms with van der Waals surface area (Å²) >= 11 is 0. The molecule has 1 aromatic heterocycles. The minimum Gasteiger partial charge on any atom is -0.508 e. The largest absolute Gasteiger partial charge is 0.508 e. The molecule has 0 aliphatic carbocycles. The Balaban J connectivity index is 1.58. The van der Waals surface area contributed by atoms with Crippen molar-refractivity contribution < 1.29 is 74.1 Å². The number of hydrogen-bond donors (Lipinski definition) is 9. The van der Waals surface area contributed by atoms with Crippen LogP contribution in [0.25, 0.3) is 22.3 Å². The maximum absolute atomic E-state index is 13.7. The Morgan fingerprint density at radius 2 is 1.45 bits per heavy atom. The topological polar surface area (TPSA) is 258 Å². The predicted octanol–water partition coefficient (Wildman–Crippen LogP) is -1.74. The molecule has 0 amide bonds. The first-order valence-corrected chi connectivity index (χ1v) is 13.4. The van der Waals surface area contributed by atoms with Crippen LogP contribution in [0.4, 0.5) is 0 Å². The van der Waals surface area contributed by atoms with Gasteiger partial charge in [-0.3, -0.25) is 4.79 Å². The highest BCUT2D eigenvalue weighted by atomic mass is 16.7. The lowest BCUT2D eigenvalue weighted by Crippen LogP contribution is -2.60. The highest BCUT2D eigenvalue weighted by Gasteiger charge is 2.46. The summed E-state index contributed by atoms with van der Waals surface area (Å²) in [6.07, 6.45) is -15.4. The van der Waals surface area contributed by atoms with Crippen LogP contribution in [0.5, 0.6) is 28.7 Å². The van der Waals surface area contributed by atoms with Gasteiger partial charge in [-0.05, 0) is 25.1 Å². The van der Waals surface area contributed by atoms with Crippen LogP contribution >= 0.6 is 0 Å². The number of benzene rings is 2.